The zero-order chi connectivity index (χ0) is 15.0. The number of aromatic nitrogens is 2. The fourth-order valence-electron chi connectivity index (χ4n) is 2.62. The van der Waals surface area contributed by atoms with Gasteiger partial charge in [-0.3, -0.25) is 4.68 Å². The van der Waals surface area contributed by atoms with Crippen molar-refractivity contribution in [1.82, 2.24) is 9.78 Å². The highest BCUT2D eigenvalue weighted by molar-refractivity contribution is 6.31. The second-order valence-corrected chi connectivity index (χ2v) is 5.72. The molecule has 1 unspecified atom stereocenters. The van der Waals surface area contributed by atoms with E-state index in [1.54, 1.807) is 0 Å². The average Bonchev–Trinajstić information content (AvgIpc) is 2.79. The number of hydrogen-bond acceptors (Lipinski definition) is 2. The van der Waals surface area contributed by atoms with Crippen molar-refractivity contribution in [3.63, 3.8) is 0 Å². The molecule has 0 saturated carbocycles. The Kier molecular flexibility index (Phi) is 3.70. The maximum atomic E-state index is 10.5. The fraction of sp³-hybridized carbons (Fsp3) is 0.235. The van der Waals surface area contributed by atoms with Gasteiger partial charge in [-0.15, -0.1) is 0 Å². The van der Waals surface area contributed by atoms with Gasteiger partial charge in [-0.05, 0) is 30.2 Å². The minimum Gasteiger partial charge on any atom is -0.388 e. The van der Waals surface area contributed by atoms with Gasteiger partial charge in [0.25, 0.3) is 0 Å². The predicted molar refractivity (Wildman–Crippen MR) is 85.6 cm³/mol. The van der Waals surface area contributed by atoms with Crippen LogP contribution in [0.4, 0.5) is 0 Å². The molecule has 0 aliphatic rings. The lowest BCUT2D eigenvalue weighted by atomic mass is 10.0. The number of aryl methyl sites for hydroxylation is 2. The molecule has 1 atom stereocenters. The molecule has 3 nitrogen and oxygen atoms in total. The van der Waals surface area contributed by atoms with Gasteiger partial charge in [0, 0.05) is 23.9 Å². The van der Waals surface area contributed by atoms with E-state index in [1.165, 1.54) is 0 Å². The summed E-state index contributed by atoms with van der Waals surface area (Å²) in [6.45, 7) is 1.94. The van der Waals surface area contributed by atoms with Gasteiger partial charge in [0.1, 0.15) is 0 Å². The number of aliphatic hydroxyl groups excluding tert-OH is 1. The minimum atomic E-state index is -0.584. The predicted octanol–water partition coefficient (Wildman–Crippen LogP) is 3.81. The van der Waals surface area contributed by atoms with Crippen molar-refractivity contribution in [2.75, 3.05) is 0 Å². The van der Waals surface area contributed by atoms with Crippen molar-refractivity contribution in [2.45, 2.75) is 19.4 Å². The van der Waals surface area contributed by atoms with Crippen molar-refractivity contribution in [2.24, 2.45) is 7.05 Å². The van der Waals surface area contributed by atoms with E-state index >= 15 is 0 Å². The number of para-hydroxylation sites is 1. The molecule has 0 aliphatic heterocycles. The van der Waals surface area contributed by atoms with Gasteiger partial charge in [-0.1, -0.05) is 41.9 Å². The zero-order valence-electron chi connectivity index (χ0n) is 12.0. The Balaban J connectivity index is 1.92. The molecular weight excluding hydrogens is 284 g/mol. The van der Waals surface area contributed by atoms with Gasteiger partial charge in [-0.25, -0.2) is 0 Å². The van der Waals surface area contributed by atoms with Gasteiger partial charge >= 0.3 is 0 Å². The highest BCUT2D eigenvalue weighted by atomic mass is 35.5. The maximum absolute atomic E-state index is 10.5. The molecule has 2 aromatic carbocycles. The molecule has 21 heavy (non-hydrogen) atoms. The lowest BCUT2D eigenvalue weighted by molar-refractivity contribution is 0.177. The van der Waals surface area contributed by atoms with Crippen LogP contribution in [0.15, 0.2) is 42.5 Å². The summed E-state index contributed by atoms with van der Waals surface area (Å²) in [5.74, 6) is 0. The minimum absolute atomic E-state index is 0.489. The van der Waals surface area contributed by atoms with Crippen LogP contribution in [0.25, 0.3) is 10.9 Å². The van der Waals surface area contributed by atoms with Crippen molar-refractivity contribution >= 4 is 22.5 Å². The van der Waals surface area contributed by atoms with E-state index in [0.29, 0.717) is 11.4 Å². The van der Waals surface area contributed by atoms with Crippen LogP contribution in [0.2, 0.25) is 5.02 Å². The lowest BCUT2D eigenvalue weighted by Gasteiger charge is -2.11. The topological polar surface area (TPSA) is 38.1 Å². The third-order valence-electron chi connectivity index (χ3n) is 3.79. The first-order chi connectivity index (χ1) is 10.1. The Morgan fingerprint density at radius 3 is 2.76 bits per heavy atom. The first-order valence-electron chi connectivity index (χ1n) is 6.91. The standard InChI is InChI=1S/C17H17ClN2O/c1-11-9-12(7-8-14(11)18)17(21)10-15-13-5-3-4-6-16(13)20(2)19-15/h3-9,17,21H,10H2,1-2H3. The van der Waals surface area contributed by atoms with E-state index < -0.39 is 6.10 Å². The summed E-state index contributed by atoms with van der Waals surface area (Å²) in [6, 6.07) is 13.7. The largest absolute Gasteiger partial charge is 0.388 e. The van der Waals surface area contributed by atoms with Crippen LogP contribution in [0, 0.1) is 6.92 Å². The zero-order valence-corrected chi connectivity index (χ0v) is 12.8. The van der Waals surface area contributed by atoms with E-state index in [0.717, 1.165) is 27.7 Å². The van der Waals surface area contributed by atoms with Crippen LogP contribution in [0.1, 0.15) is 22.9 Å². The smallest absolute Gasteiger partial charge is 0.0846 e. The van der Waals surface area contributed by atoms with Gasteiger partial charge in [-0.2, -0.15) is 5.10 Å². The molecule has 0 spiro atoms. The van der Waals surface area contributed by atoms with E-state index in [4.69, 9.17) is 11.6 Å². The first kappa shape index (κ1) is 14.1. The van der Waals surface area contributed by atoms with Crippen molar-refractivity contribution in [1.29, 1.82) is 0 Å². The summed E-state index contributed by atoms with van der Waals surface area (Å²) in [5, 5.41) is 16.8. The van der Waals surface area contributed by atoms with Gasteiger partial charge in [0.2, 0.25) is 0 Å². The van der Waals surface area contributed by atoms with Gasteiger partial charge < -0.3 is 5.11 Å². The fourth-order valence-corrected chi connectivity index (χ4v) is 2.73. The molecule has 0 amide bonds. The molecule has 0 fully saturated rings. The molecule has 4 heteroatoms. The van der Waals surface area contributed by atoms with Crippen LogP contribution >= 0.6 is 11.6 Å². The second-order valence-electron chi connectivity index (χ2n) is 5.32. The number of halogens is 1. The number of aliphatic hydroxyl groups is 1. The Hall–Kier alpha value is -1.84. The molecular formula is C17H17ClN2O. The number of rotatable bonds is 3. The summed E-state index contributed by atoms with van der Waals surface area (Å²) < 4.78 is 1.85. The van der Waals surface area contributed by atoms with Crippen LogP contribution in [0.5, 0.6) is 0 Å². The molecule has 3 aromatic rings. The molecule has 0 bridgehead atoms. The Morgan fingerprint density at radius 2 is 2.00 bits per heavy atom. The molecule has 108 valence electrons. The molecule has 1 N–H and O–H groups in total. The van der Waals surface area contributed by atoms with Crippen molar-refractivity contribution in [3.8, 4) is 0 Å². The first-order valence-corrected chi connectivity index (χ1v) is 7.29. The second kappa shape index (κ2) is 5.51. The molecule has 3 rings (SSSR count). The molecule has 1 heterocycles. The van der Waals surface area contributed by atoms with E-state index in [9.17, 15) is 5.11 Å². The summed E-state index contributed by atoms with van der Waals surface area (Å²) >= 11 is 6.03. The van der Waals surface area contributed by atoms with Gasteiger partial charge in [0.15, 0.2) is 0 Å². The van der Waals surface area contributed by atoms with E-state index in [1.807, 2.05) is 61.1 Å². The molecule has 0 saturated heterocycles. The number of hydrogen-bond donors (Lipinski definition) is 1. The normalized spacial score (nSPS) is 12.8. The van der Waals surface area contributed by atoms with E-state index in [2.05, 4.69) is 5.10 Å². The Morgan fingerprint density at radius 1 is 1.24 bits per heavy atom. The summed E-state index contributed by atoms with van der Waals surface area (Å²) in [4.78, 5) is 0. The number of benzene rings is 2. The summed E-state index contributed by atoms with van der Waals surface area (Å²) in [5.41, 5.74) is 3.82. The van der Waals surface area contributed by atoms with Crippen LogP contribution in [0.3, 0.4) is 0 Å². The van der Waals surface area contributed by atoms with Gasteiger partial charge in [0.05, 0.1) is 17.3 Å². The quantitative estimate of drug-likeness (QED) is 0.798. The Bertz CT molecular complexity index is 795. The average molecular weight is 301 g/mol. The summed E-state index contributed by atoms with van der Waals surface area (Å²) in [6.07, 6.45) is -0.0955. The molecule has 1 aromatic heterocycles. The highest BCUT2D eigenvalue weighted by Crippen LogP contribution is 2.26. The van der Waals surface area contributed by atoms with E-state index in [-0.39, 0.29) is 0 Å². The number of fused-ring (bicyclic) bond motifs is 1. The van der Waals surface area contributed by atoms with Crippen LogP contribution in [-0.4, -0.2) is 14.9 Å². The van der Waals surface area contributed by atoms with Crippen LogP contribution < -0.4 is 0 Å². The third kappa shape index (κ3) is 2.67. The molecule has 0 aliphatic carbocycles. The van der Waals surface area contributed by atoms with Crippen LogP contribution in [-0.2, 0) is 13.5 Å². The van der Waals surface area contributed by atoms with Crippen molar-refractivity contribution < 1.29 is 5.11 Å². The number of nitrogens with zero attached hydrogens (tertiary/aromatic N) is 2. The summed E-state index contributed by atoms with van der Waals surface area (Å²) in [7, 11) is 1.92. The molecule has 0 radical (unpaired) electrons. The monoisotopic (exact) mass is 300 g/mol. The third-order valence-corrected chi connectivity index (χ3v) is 4.21. The lowest BCUT2D eigenvalue weighted by Crippen LogP contribution is -2.03. The maximum Gasteiger partial charge on any atom is 0.0846 e. The Labute approximate surface area is 128 Å². The SMILES string of the molecule is Cc1cc(C(O)Cc2nn(C)c3ccccc23)ccc1Cl. The highest BCUT2D eigenvalue weighted by Gasteiger charge is 2.15. The van der Waals surface area contributed by atoms with Crippen molar-refractivity contribution in [3.05, 3.63) is 64.3 Å².